The van der Waals surface area contributed by atoms with Gasteiger partial charge in [0.25, 0.3) is 0 Å². The van der Waals surface area contributed by atoms with Crippen LogP contribution in [0.2, 0.25) is 0 Å². The minimum Gasteiger partial charge on any atom is -0.479 e. The largest absolute Gasteiger partial charge is 0.479 e. The smallest absolute Gasteiger partial charge is 0.339 e. The Kier molecular flexibility index (Phi) is 3.46. The zero-order chi connectivity index (χ0) is 13.8. The van der Waals surface area contributed by atoms with Crippen molar-refractivity contribution in [2.24, 2.45) is 0 Å². The van der Waals surface area contributed by atoms with Crippen LogP contribution in [0.15, 0.2) is 18.7 Å². The number of nitro groups is 1. The number of anilines is 1. The second kappa shape index (κ2) is 5.21. The predicted molar refractivity (Wildman–Crippen MR) is 65.8 cm³/mol. The predicted octanol–water partition coefficient (Wildman–Crippen LogP) is 0.892. The minimum absolute atomic E-state index is 0.0503. The quantitative estimate of drug-likeness (QED) is 0.637. The van der Waals surface area contributed by atoms with Crippen molar-refractivity contribution in [3.8, 4) is 17.3 Å². The molecule has 2 rings (SSSR count). The summed E-state index contributed by atoms with van der Waals surface area (Å²) in [4.78, 5) is 26.3. The third kappa shape index (κ3) is 2.25. The third-order valence-electron chi connectivity index (χ3n) is 2.32. The number of nitrogens with one attached hydrogen (secondary N) is 1. The zero-order valence-electron chi connectivity index (χ0n) is 10.2. The topological polar surface area (TPSA) is 116 Å². The van der Waals surface area contributed by atoms with E-state index in [1.54, 1.807) is 0 Å². The van der Waals surface area contributed by atoms with E-state index >= 15 is 0 Å². The molecule has 0 fully saturated rings. The van der Waals surface area contributed by atoms with Gasteiger partial charge in [-0.3, -0.25) is 10.1 Å². The first-order valence-corrected chi connectivity index (χ1v) is 5.21. The Morgan fingerprint density at radius 3 is 2.58 bits per heavy atom. The number of ether oxygens (including phenoxy) is 1. The summed E-state index contributed by atoms with van der Waals surface area (Å²) in [5, 5.41) is 13.8. The maximum absolute atomic E-state index is 11.2. The highest BCUT2D eigenvalue weighted by atomic mass is 16.6. The maximum Gasteiger partial charge on any atom is 0.339 e. The summed E-state index contributed by atoms with van der Waals surface area (Å²) >= 11 is 0. The van der Waals surface area contributed by atoms with Gasteiger partial charge in [-0.25, -0.2) is 19.9 Å². The third-order valence-corrected chi connectivity index (χ3v) is 2.32. The van der Waals surface area contributed by atoms with E-state index in [-0.39, 0.29) is 28.8 Å². The molecular formula is C10H10N6O3. The molecule has 0 spiro atoms. The fourth-order valence-corrected chi connectivity index (χ4v) is 1.55. The van der Waals surface area contributed by atoms with E-state index in [2.05, 4.69) is 25.3 Å². The van der Waals surface area contributed by atoms with Gasteiger partial charge in [0.15, 0.2) is 11.4 Å². The number of hydrogen-bond donors (Lipinski definition) is 1. The molecule has 2 heterocycles. The van der Waals surface area contributed by atoms with E-state index in [1.165, 1.54) is 32.9 Å². The molecule has 0 aromatic carbocycles. The molecule has 19 heavy (non-hydrogen) atoms. The molecule has 0 amide bonds. The van der Waals surface area contributed by atoms with E-state index in [9.17, 15) is 10.1 Å². The Labute approximate surface area is 107 Å². The Morgan fingerprint density at radius 2 is 1.95 bits per heavy atom. The molecule has 9 heteroatoms. The molecule has 0 atom stereocenters. The second-order valence-electron chi connectivity index (χ2n) is 3.34. The lowest BCUT2D eigenvalue weighted by Crippen LogP contribution is -2.05. The first-order valence-electron chi connectivity index (χ1n) is 5.21. The van der Waals surface area contributed by atoms with E-state index in [4.69, 9.17) is 4.74 Å². The summed E-state index contributed by atoms with van der Waals surface area (Å²) in [5.74, 6) is 0.258. The van der Waals surface area contributed by atoms with Crippen LogP contribution in [0.3, 0.4) is 0 Å². The highest BCUT2D eigenvalue weighted by Gasteiger charge is 2.26. The van der Waals surface area contributed by atoms with Gasteiger partial charge in [0.2, 0.25) is 11.7 Å². The number of hydrogen-bond acceptors (Lipinski definition) is 8. The van der Waals surface area contributed by atoms with Crippen LogP contribution in [0.4, 0.5) is 11.5 Å². The van der Waals surface area contributed by atoms with Gasteiger partial charge in [-0.1, -0.05) is 0 Å². The molecule has 2 aromatic rings. The number of nitrogens with zero attached hydrogens (tertiary/aromatic N) is 5. The molecule has 0 aliphatic rings. The Bertz CT molecular complexity index is 618. The van der Waals surface area contributed by atoms with Crippen LogP contribution in [0, 0.1) is 10.1 Å². The molecule has 0 saturated carbocycles. The van der Waals surface area contributed by atoms with Crippen LogP contribution in [0.25, 0.3) is 11.4 Å². The summed E-state index contributed by atoms with van der Waals surface area (Å²) in [5.41, 5.74) is -0.0336. The minimum atomic E-state index is -0.574. The average Bonchev–Trinajstić information content (AvgIpc) is 2.46. The fraction of sp³-hybridized carbons (Fsp3) is 0.200. The fourth-order valence-electron chi connectivity index (χ4n) is 1.55. The van der Waals surface area contributed by atoms with E-state index in [0.717, 1.165) is 0 Å². The monoisotopic (exact) mass is 262 g/mol. The van der Waals surface area contributed by atoms with Crippen molar-refractivity contribution in [3.05, 3.63) is 28.8 Å². The van der Waals surface area contributed by atoms with Crippen molar-refractivity contribution in [2.75, 3.05) is 19.5 Å². The van der Waals surface area contributed by atoms with Crippen molar-refractivity contribution >= 4 is 11.5 Å². The lowest BCUT2D eigenvalue weighted by molar-refractivity contribution is -0.383. The SMILES string of the molecule is CNc1ncnc(-c2nccnc2OC)c1[N+](=O)[O-]. The maximum atomic E-state index is 11.2. The van der Waals surface area contributed by atoms with Crippen LogP contribution in [-0.4, -0.2) is 39.0 Å². The lowest BCUT2D eigenvalue weighted by atomic mass is 10.2. The molecule has 0 aliphatic heterocycles. The normalized spacial score (nSPS) is 10.0. The molecular weight excluding hydrogens is 252 g/mol. The standard InChI is InChI=1S/C10H10N6O3/c1-11-9-8(16(17)18)6(14-5-15-9)7-10(19-2)13-4-3-12-7/h3-5H,1-2H3,(H,11,14,15). The highest BCUT2D eigenvalue weighted by Crippen LogP contribution is 2.34. The first kappa shape index (κ1) is 12.6. The Morgan fingerprint density at radius 1 is 1.21 bits per heavy atom. The van der Waals surface area contributed by atoms with E-state index in [1.807, 2.05) is 0 Å². The summed E-state index contributed by atoms with van der Waals surface area (Å²) in [6.07, 6.45) is 4.04. The summed E-state index contributed by atoms with van der Waals surface area (Å²) < 4.78 is 5.03. The summed E-state index contributed by atoms with van der Waals surface area (Å²) in [6.45, 7) is 0. The van der Waals surface area contributed by atoms with Crippen LogP contribution in [0.1, 0.15) is 0 Å². The van der Waals surface area contributed by atoms with E-state index in [0.29, 0.717) is 0 Å². The van der Waals surface area contributed by atoms with Gasteiger partial charge in [0.1, 0.15) is 6.33 Å². The van der Waals surface area contributed by atoms with Gasteiger partial charge in [0, 0.05) is 19.4 Å². The molecule has 0 unspecified atom stereocenters. The number of methoxy groups -OCH3 is 1. The lowest BCUT2D eigenvalue weighted by Gasteiger charge is -2.07. The van der Waals surface area contributed by atoms with Crippen molar-refractivity contribution in [1.29, 1.82) is 0 Å². The van der Waals surface area contributed by atoms with Gasteiger partial charge in [-0.2, -0.15) is 0 Å². The highest BCUT2D eigenvalue weighted by molar-refractivity contribution is 5.76. The molecule has 98 valence electrons. The molecule has 0 aliphatic carbocycles. The van der Waals surface area contributed by atoms with Gasteiger partial charge < -0.3 is 10.1 Å². The number of rotatable bonds is 4. The van der Waals surface area contributed by atoms with Gasteiger partial charge in [-0.15, -0.1) is 0 Å². The summed E-state index contributed by atoms with van der Waals surface area (Å²) in [7, 11) is 2.94. The van der Waals surface area contributed by atoms with Crippen LogP contribution in [-0.2, 0) is 0 Å². The average molecular weight is 262 g/mol. The van der Waals surface area contributed by atoms with Gasteiger partial charge in [0.05, 0.1) is 12.0 Å². The van der Waals surface area contributed by atoms with Gasteiger partial charge in [-0.05, 0) is 0 Å². The van der Waals surface area contributed by atoms with Crippen LogP contribution in [0.5, 0.6) is 5.88 Å². The molecule has 0 bridgehead atoms. The first-order chi connectivity index (χ1) is 9.19. The van der Waals surface area contributed by atoms with E-state index < -0.39 is 4.92 Å². The second-order valence-corrected chi connectivity index (χ2v) is 3.34. The van der Waals surface area contributed by atoms with Crippen molar-refractivity contribution in [3.63, 3.8) is 0 Å². The Balaban J connectivity index is 2.71. The van der Waals surface area contributed by atoms with Crippen molar-refractivity contribution < 1.29 is 9.66 Å². The molecule has 2 aromatic heterocycles. The van der Waals surface area contributed by atoms with Crippen molar-refractivity contribution in [2.45, 2.75) is 0 Å². The van der Waals surface area contributed by atoms with Crippen LogP contribution >= 0.6 is 0 Å². The molecule has 9 nitrogen and oxygen atoms in total. The number of aromatic nitrogens is 4. The molecule has 0 saturated heterocycles. The molecule has 0 radical (unpaired) electrons. The van der Waals surface area contributed by atoms with Crippen molar-refractivity contribution in [1.82, 2.24) is 19.9 Å². The summed E-state index contributed by atoms with van der Waals surface area (Å²) in [6, 6.07) is 0. The van der Waals surface area contributed by atoms with Crippen LogP contribution < -0.4 is 10.1 Å². The Hall–Kier alpha value is -2.84. The zero-order valence-corrected chi connectivity index (χ0v) is 10.2. The molecule has 1 N–H and O–H groups in total. The van der Waals surface area contributed by atoms with Gasteiger partial charge >= 0.3 is 5.69 Å².